The molecule has 0 spiro atoms. The van der Waals surface area contributed by atoms with Crippen molar-refractivity contribution in [3.63, 3.8) is 0 Å². The Labute approximate surface area is 192 Å². The highest BCUT2D eigenvalue weighted by molar-refractivity contribution is 14.0. The van der Waals surface area contributed by atoms with Gasteiger partial charge in [0, 0.05) is 32.2 Å². The van der Waals surface area contributed by atoms with E-state index in [4.69, 9.17) is 5.73 Å². The number of nitrogens with two attached hydrogens (primary N) is 1. The number of nitrogens with one attached hydrogen (secondary N) is 2. The Balaban J connectivity index is 0.00000256. The molecular weight excluding hydrogens is 497 g/mol. The van der Waals surface area contributed by atoms with Crippen molar-refractivity contribution in [3.05, 3.63) is 47.5 Å². The van der Waals surface area contributed by atoms with Gasteiger partial charge in [-0.3, -0.25) is 24.3 Å². The van der Waals surface area contributed by atoms with Crippen molar-refractivity contribution in [2.45, 2.75) is 13.0 Å². The summed E-state index contributed by atoms with van der Waals surface area (Å²) in [4.78, 5) is 42.1. The standard InChI is InChI=1S/C21H25N5O3.HI/c1-23-21(25-11-12-2-4-13(5-3-12)18(22)27)24-8-9-26-19(28)16-14-6-7-15(10-14)17(16)20(26)29;/h2-7,14-17H,8-11H2,1H3,(H2,22,27)(H2,23,24,25);1H. The summed E-state index contributed by atoms with van der Waals surface area (Å²) in [6.45, 7) is 1.28. The predicted octanol–water partition coefficient (Wildman–Crippen LogP) is 0.876. The molecule has 2 bridgehead atoms. The lowest BCUT2D eigenvalue weighted by Gasteiger charge is -2.18. The Bertz CT molecular complexity index is 868. The summed E-state index contributed by atoms with van der Waals surface area (Å²) < 4.78 is 0. The molecule has 4 atom stereocenters. The van der Waals surface area contributed by atoms with E-state index in [2.05, 4.69) is 27.8 Å². The van der Waals surface area contributed by atoms with Crippen LogP contribution in [0, 0.1) is 23.7 Å². The largest absolute Gasteiger partial charge is 0.366 e. The molecule has 4 N–H and O–H groups in total. The topological polar surface area (TPSA) is 117 Å². The number of nitrogens with zero attached hydrogens (tertiary/aromatic N) is 2. The van der Waals surface area contributed by atoms with E-state index >= 15 is 0 Å². The van der Waals surface area contributed by atoms with Gasteiger partial charge in [0.25, 0.3) is 0 Å². The lowest BCUT2D eigenvalue weighted by Crippen LogP contribution is -2.43. The molecule has 1 aliphatic heterocycles. The lowest BCUT2D eigenvalue weighted by atomic mass is 9.85. The number of imide groups is 1. The van der Waals surface area contributed by atoms with E-state index in [1.807, 2.05) is 12.1 Å². The van der Waals surface area contributed by atoms with Gasteiger partial charge in [-0.1, -0.05) is 24.3 Å². The first-order chi connectivity index (χ1) is 14.0. The highest BCUT2D eigenvalue weighted by Gasteiger charge is 2.58. The van der Waals surface area contributed by atoms with Crippen LogP contribution in [0.4, 0.5) is 0 Å². The van der Waals surface area contributed by atoms with Crippen LogP contribution < -0.4 is 16.4 Å². The first kappa shape index (κ1) is 22.3. The van der Waals surface area contributed by atoms with Gasteiger partial charge in [-0.25, -0.2) is 0 Å². The van der Waals surface area contributed by atoms with Crippen LogP contribution in [-0.4, -0.2) is 48.7 Å². The van der Waals surface area contributed by atoms with E-state index in [9.17, 15) is 14.4 Å². The molecule has 9 heteroatoms. The van der Waals surface area contributed by atoms with Gasteiger partial charge in [-0.2, -0.15) is 0 Å². The molecule has 30 heavy (non-hydrogen) atoms. The van der Waals surface area contributed by atoms with E-state index in [1.54, 1.807) is 19.2 Å². The van der Waals surface area contributed by atoms with E-state index in [0.717, 1.165) is 12.0 Å². The van der Waals surface area contributed by atoms with Crippen LogP contribution in [0.1, 0.15) is 22.3 Å². The maximum absolute atomic E-state index is 12.7. The highest BCUT2D eigenvalue weighted by atomic mass is 127. The molecule has 2 aliphatic carbocycles. The first-order valence-corrected chi connectivity index (χ1v) is 9.86. The fourth-order valence-electron chi connectivity index (χ4n) is 4.66. The normalized spacial score (nSPS) is 26.6. The third kappa shape index (κ3) is 4.07. The number of hydrogen-bond acceptors (Lipinski definition) is 4. The van der Waals surface area contributed by atoms with Crippen LogP contribution in [0.15, 0.2) is 41.4 Å². The summed E-state index contributed by atoms with van der Waals surface area (Å²) >= 11 is 0. The van der Waals surface area contributed by atoms with Gasteiger partial charge in [-0.05, 0) is 36.0 Å². The second kappa shape index (κ2) is 9.15. The molecule has 4 unspecified atom stereocenters. The number of carbonyl (C=O) groups is 3. The van der Waals surface area contributed by atoms with Gasteiger partial charge in [0.15, 0.2) is 5.96 Å². The maximum Gasteiger partial charge on any atom is 0.248 e. The Kier molecular flexibility index (Phi) is 6.79. The molecular formula is C21H26IN5O3. The Morgan fingerprint density at radius 1 is 1.10 bits per heavy atom. The minimum atomic E-state index is -0.457. The number of primary amides is 1. The average molecular weight is 523 g/mol. The molecule has 2 fully saturated rings. The summed E-state index contributed by atoms with van der Waals surface area (Å²) in [6, 6.07) is 7.00. The number of amides is 3. The molecule has 1 aromatic carbocycles. The number of halogens is 1. The summed E-state index contributed by atoms with van der Waals surface area (Å²) in [6.07, 6.45) is 5.14. The van der Waals surface area contributed by atoms with Crippen LogP contribution in [-0.2, 0) is 16.1 Å². The second-order valence-electron chi connectivity index (χ2n) is 7.74. The number of hydrogen-bond donors (Lipinski definition) is 3. The van der Waals surface area contributed by atoms with E-state index in [-0.39, 0.29) is 59.5 Å². The Hall–Kier alpha value is -2.43. The molecule has 4 rings (SSSR count). The summed E-state index contributed by atoms with van der Waals surface area (Å²) in [7, 11) is 1.66. The molecule has 1 saturated carbocycles. The summed E-state index contributed by atoms with van der Waals surface area (Å²) in [5.74, 6) is 0.208. The Morgan fingerprint density at radius 2 is 1.70 bits per heavy atom. The number of rotatable bonds is 6. The van der Waals surface area contributed by atoms with Gasteiger partial charge >= 0.3 is 0 Å². The summed E-state index contributed by atoms with van der Waals surface area (Å²) in [5, 5.41) is 6.31. The van der Waals surface area contributed by atoms with Crippen LogP contribution >= 0.6 is 24.0 Å². The van der Waals surface area contributed by atoms with Gasteiger partial charge in [0.05, 0.1) is 11.8 Å². The van der Waals surface area contributed by atoms with Crippen molar-refractivity contribution < 1.29 is 14.4 Å². The van der Waals surface area contributed by atoms with Crippen LogP contribution in [0.3, 0.4) is 0 Å². The van der Waals surface area contributed by atoms with Gasteiger partial charge in [-0.15, -0.1) is 24.0 Å². The molecule has 8 nitrogen and oxygen atoms in total. The van der Waals surface area contributed by atoms with Crippen molar-refractivity contribution in [2.24, 2.45) is 34.4 Å². The first-order valence-electron chi connectivity index (χ1n) is 9.86. The van der Waals surface area contributed by atoms with Gasteiger partial charge in [0.1, 0.15) is 0 Å². The zero-order valence-electron chi connectivity index (χ0n) is 16.7. The molecule has 160 valence electrons. The average Bonchev–Trinajstić information content (AvgIpc) is 3.40. The maximum atomic E-state index is 12.7. The van der Waals surface area contributed by atoms with E-state index in [0.29, 0.717) is 31.2 Å². The third-order valence-electron chi connectivity index (χ3n) is 6.11. The van der Waals surface area contributed by atoms with E-state index in [1.165, 1.54) is 4.90 Å². The fraction of sp³-hybridized carbons (Fsp3) is 0.429. The number of aliphatic imine (C=N–C) groups is 1. The number of allylic oxidation sites excluding steroid dienone is 2. The van der Waals surface area contributed by atoms with Crippen molar-refractivity contribution in [1.29, 1.82) is 0 Å². The quantitative estimate of drug-likeness (QED) is 0.168. The van der Waals surface area contributed by atoms with Crippen molar-refractivity contribution in [2.75, 3.05) is 20.1 Å². The molecule has 0 radical (unpaired) electrons. The number of guanidine groups is 1. The molecule has 0 aromatic heterocycles. The predicted molar refractivity (Wildman–Crippen MR) is 123 cm³/mol. The number of likely N-dealkylation sites (tertiary alicyclic amines) is 1. The Morgan fingerprint density at radius 3 is 2.23 bits per heavy atom. The highest BCUT2D eigenvalue weighted by Crippen LogP contribution is 2.52. The zero-order valence-corrected chi connectivity index (χ0v) is 19.0. The number of fused-ring (bicyclic) bond motifs is 5. The van der Waals surface area contributed by atoms with Crippen LogP contribution in [0.2, 0.25) is 0 Å². The van der Waals surface area contributed by atoms with Crippen molar-refractivity contribution in [3.8, 4) is 0 Å². The molecule has 1 aromatic rings. The second-order valence-corrected chi connectivity index (χ2v) is 7.74. The summed E-state index contributed by atoms with van der Waals surface area (Å²) in [5.41, 5.74) is 6.68. The molecule has 3 aliphatic rings. The fourth-order valence-corrected chi connectivity index (χ4v) is 4.66. The number of carbonyl (C=O) groups excluding carboxylic acids is 3. The smallest absolute Gasteiger partial charge is 0.248 e. The minimum Gasteiger partial charge on any atom is -0.366 e. The minimum absolute atomic E-state index is 0. The van der Waals surface area contributed by atoms with Gasteiger partial charge in [0.2, 0.25) is 17.7 Å². The van der Waals surface area contributed by atoms with Gasteiger partial charge < -0.3 is 16.4 Å². The monoisotopic (exact) mass is 523 g/mol. The molecule has 3 amide bonds. The van der Waals surface area contributed by atoms with Crippen molar-refractivity contribution >= 4 is 47.7 Å². The van der Waals surface area contributed by atoms with Crippen LogP contribution in [0.5, 0.6) is 0 Å². The SMILES string of the molecule is CN=C(NCCN1C(=O)C2C3C=CC(C3)C2C1=O)NCc1ccc(C(N)=O)cc1.I. The lowest BCUT2D eigenvalue weighted by molar-refractivity contribution is -0.140. The molecule has 1 heterocycles. The van der Waals surface area contributed by atoms with Crippen molar-refractivity contribution in [1.82, 2.24) is 15.5 Å². The van der Waals surface area contributed by atoms with E-state index < -0.39 is 5.91 Å². The third-order valence-corrected chi connectivity index (χ3v) is 6.11. The number of benzene rings is 1. The van der Waals surface area contributed by atoms with Crippen LogP contribution in [0.25, 0.3) is 0 Å². The zero-order chi connectivity index (χ0) is 20.5. The molecule has 1 saturated heterocycles.